The Labute approximate surface area is 182 Å². The monoisotopic (exact) mass is 427 g/mol. The molecule has 1 fully saturated rings. The minimum atomic E-state index is -0.526. The molecule has 0 unspecified atom stereocenters. The first-order valence-corrected chi connectivity index (χ1v) is 11.4. The summed E-state index contributed by atoms with van der Waals surface area (Å²) in [6.45, 7) is 4.75. The average Bonchev–Trinajstić information content (AvgIpc) is 3.25. The lowest BCUT2D eigenvalue weighted by Crippen LogP contribution is -2.47. The van der Waals surface area contributed by atoms with Crippen LogP contribution < -0.4 is 0 Å². The third-order valence-corrected chi connectivity index (χ3v) is 7.02. The summed E-state index contributed by atoms with van der Waals surface area (Å²) in [5.74, 6) is -0.230. The molecule has 2 heterocycles. The first-order chi connectivity index (χ1) is 14.4. The smallest absolute Gasteiger partial charge is 0.312 e. The number of likely N-dealkylation sites (tertiary alicyclic amines) is 1. The molecule has 30 heavy (non-hydrogen) atoms. The van der Waals surface area contributed by atoms with Gasteiger partial charge in [0.15, 0.2) is 5.78 Å². The van der Waals surface area contributed by atoms with Crippen LogP contribution in [0.1, 0.15) is 64.4 Å². The van der Waals surface area contributed by atoms with Crippen molar-refractivity contribution in [2.24, 2.45) is 5.41 Å². The number of piperidine rings is 1. The maximum Gasteiger partial charge on any atom is 0.312 e. The van der Waals surface area contributed by atoms with Crippen molar-refractivity contribution in [1.82, 2.24) is 4.90 Å². The maximum absolute atomic E-state index is 12.9. The number of Topliss-reactive ketones (excluding diaryl/α,β-unsaturated/α-hetero) is 1. The van der Waals surface area contributed by atoms with Gasteiger partial charge in [-0.2, -0.15) is 0 Å². The van der Waals surface area contributed by atoms with E-state index in [0.29, 0.717) is 42.3 Å². The fraction of sp³-hybridized carbons (Fsp3) is 0.458. The third-order valence-electron chi connectivity index (χ3n) is 5.84. The summed E-state index contributed by atoms with van der Waals surface area (Å²) in [7, 11) is 0. The molecule has 0 saturated carbocycles. The second-order valence-corrected chi connectivity index (χ2v) is 8.94. The van der Waals surface area contributed by atoms with Crippen LogP contribution in [0, 0.1) is 5.41 Å². The molecule has 1 aliphatic rings. The Morgan fingerprint density at radius 2 is 1.70 bits per heavy atom. The van der Waals surface area contributed by atoms with Crippen molar-refractivity contribution in [2.45, 2.75) is 46.0 Å². The number of hydrogen-bond donors (Lipinski definition) is 0. The van der Waals surface area contributed by atoms with Crippen LogP contribution in [0.3, 0.4) is 0 Å². The molecule has 1 aromatic carbocycles. The van der Waals surface area contributed by atoms with Gasteiger partial charge in [-0.05, 0) is 63.6 Å². The molecule has 5 nitrogen and oxygen atoms in total. The number of thiophene rings is 1. The normalized spacial score (nSPS) is 15.6. The topological polar surface area (TPSA) is 63.7 Å². The molecule has 0 bridgehead atoms. The lowest BCUT2D eigenvalue weighted by Gasteiger charge is -2.40. The van der Waals surface area contributed by atoms with Gasteiger partial charge in [-0.25, -0.2) is 0 Å². The Kier molecular flexibility index (Phi) is 7.43. The fourth-order valence-electron chi connectivity index (χ4n) is 4.05. The molecule has 6 heteroatoms. The Morgan fingerprint density at radius 1 is 1.03 bits per heavy atom. The number of benzene rings is 1. The van der Waals surface area contributed by atoms with Gasteiger partial charge >= 0.3 is 5.97 Å². The number of carbonyl (C=O) groups is 3. The van der Waals surface area contributed by atoms with E-state index in [1.165, 1.54) is 23.8 Å². The highest BCUT2D eigenvalue weighted by Gasteiger charge is 2.43. The number of nitrogens with zero attached hydrogens (tertiary/aromatic N) is 1. The van der Waals surface area contributed by atoms with Crippen LogP contribution in [0.4, 0.5) is 0 Å². The Hall–Kier alpha value is -2.47. The van der Waals surface area contributed by atoms with Gasteiger partial charge in [0.1, 0.15) is 0 Å². The highest BCUT2D eigenvalue weighted by Crippen LogP contribution is 2.38. The first kappa shape index (κ1) is 22.2. The predicted molar refractivity (Wildman–Crippen MR) is 118 cm³/mol. The Bertz CT molecular complexity index is 882. The zero-order valence-corrected chi connectivity index (χ0v) is 18.5. The van der Waals surface area contributed by atoms with E-state index >= 15 is 0 Å². The Balaban J connectivity index is 1.63. The SMILES string of the molecule is CCOC(=O)C1(CCCc2ccccc2)CCN(C(=O)c2ccc(C(C)=O)s2)CC1. The molecule has 3 rings (SSSR count). The van der Waals surface area contributed by atoms with E-state index in [0.717, 1.165) is 19.3 Å². The van der Waals surface area contributed by atoms with E-state index in [-0.39, 0.29) is 17.7 Å². The van der Waals surface area contributed by atoms with Crippen LogP contribution in [0.25, 0.3) is 0 Å². The van der Waals surface area contributed by atoms with Crippen LogP contribution in [0.15, 0.2) is 42.5 Å². The van der Waals surface area contributed by atoms with Crippen molar-refractivity contribution in [1.29, 1.82) is 0 Å². The van der Waals surface area contributed by atoms with Crippen molar-refractivity contribution < 1.29 is 19.1 Å². The summed E-state index contributed by atoms with van der Waals surface area (Å²) in [5.41, 5.74) is 0.741. The summed E-state index contributed by atoms with van der Waals surface area (Å²) in [5, 5.41) is 0. The molecule has 1 amide bonds. The Morgan fingerprint density at radius 3 is 2.30 bits per heavy atom. The van der Waals surface area contributed by atoms with E-state index in [4.69, 9.17) is 4.74 Å². The molecule has 1 aliphatic heterocycles. The van der Waals surface area contributed by atoms with E-state index < -0.39 is 5.41 Å². The predicted octanol–water partition coefficient (Wildman–Crippen LogP) is 4.76. The van der Waals surface area contributed by atoms with Gasteiger partial charge in [0.25, 0.3) is 5.91 Å². The maximum atomic E-state index is 12.9. The molecular formula is C24H29NO4S. The van der Waals surface area contributed by atoms with Crippen molar-refractivity contribution in [2.75, 3.05) is 19.7 Å². The molecular weight excluding hydrogens is 398 g/mol. The summed E-state index contributed by atoms with van der Waals surface area (Å²) < 4.78 is 5.42. The number of aryl methyl sites for hydroxylation is 1. The lowest BCUT2D eigenvalue weighted by atomic mass is 9.74. The van der Waals surface area contributed by atoms with E-state index in [2.05, 4.69) is 12.1 Å². The number of hydrogen-bond acceptors (Lipinski definition) is 5. The van der Waals surface area contributed by atoms with E-state index in [9.17, 15) is 14.4 Å². The quantitative estimate of drug-likeness (QED) is 0.450. The van der Waals surface area contributed by atoms with Crippen molar-refractivity contribution in [3.8, 4) is 0 Å². The van der Waals surface area contributed by atoms with E-state index in [1.54, 1.807) is 17.0 Å². The van der Waals surface area contributed by atoms with Gasteiger partial charge in [-0.15, -0.1) is 11.3 Å². The molecule has 0 radical (unpaired) electrons. The van der Waals surface area contributed by atoms with Gasteiger partial charge in [0.05, 0.1) is 21.8 Å². The molecule has 1 saturated heterocycles. The average molecular weight is 428 g/mol. The largest absolute Gasteiger partial charge is 0.466 e. The van der Waals surface area contributed by atoms with Crippen LogP contribution in [0.2, 0.25) is 0 Å². The number of ketones is 1. The van der Waals surface area contributed by atoms with Gasteiger partial charge in [-0.1, -0.05) is 30.3 Å². The third kappa shape index (κ3) is 5.17. The van der Waals surface area contributed by atoms with Gasteiger partial charge in [-0.3, -0.25) is 14.4 Å². The highest BCUT2D eigenvalue weighted by atomic mass is 32.1. The molecule has 0 atom stereocenters. The number of ether oxygens (including phenoxy) is 1. The van der Waals surface area contributed by atoms with Crippen molar-refractivity contribution >= 4 is 29.0 Å². The molecule has 0 aliphatic carbocycles. The number of esters is 1. The number of carbonyl (C=O) groups excluding carboxylic acids is 3. The second-order valence-electron chi connectivity index (χ2n) is 7.85. The fourth-order valence-corrected chi connectivity index (χ4v) is 4.92. The highest BCUT2D eigenvalue weighted by molar-refractivity contribution is 7.15. The molecule has 160 valence electrons. The number of amides is 1. The zero-order chi connectivity index (χ0) is 21.6. The minimum absolute atomic E-state index is 0.0301. The minimum Gasteiger partial charge on any atom is -0.466 e. The summed E-state index contributed by atoms with van der Waals surface area (Å²) >= 11 is 1.24. The van der Waals surface area contributed by atoms with Crippen LogP contribution in [0.5, 0.6) is 0 Å². The number of rotatable bonds is 8. The molecule has 1 aromatic heterocycles. The van der Waals surface area contributed by atoms with Crippen LogP contribution in [-0.4, -0.2) is 42.3 Å². The van der Waals surface area contributed by atoms with Crippen molar-refractivity contribution in [3.63, 3.8) is 0 Å². The molecule has 0 N–H and O–H groups in total. The van der Waals surface area contributed by atoms with Crippen LogP contribution >= 0.6 is 11.3 Å². The summed E-state index contributed by atoms with van der Waals surface area (Å²) in [4.78, 5) is 40.2. The summed E-state index contributed by atoms with van der Waals surface area (Å²) in [6, 6.07) is 13.7. The lowest BCUT2D eigenvalue weighted by molar-refractivity contribution is -0.159. The standard InChI is InChI=1S/C24H29NO4S/c1-3-29-23(28)24(13-7-10-19-8-5-4-6-9-19)14-16-25(17-15-24)22(27)21-12-11-20(30-21)18(2)26/h4-6,8-9,11-12H,3,7,10,13-17H2,1-2H3. The van der Waals surface area contributed by atoms with Gasteiger partial charge < -0.3 is 9.64 Å². The van der Waals surface area contributed by atoms with Gasteiger partial charge in [0, 0.05) is 13.1 Å². The second kappa shape index (κ2) is 10.0. The van der Waals surface area contributed by atoms with E-state index in [1.807, 2.05) is 25.1 Å². The first-order valence-electron chi connectivity index (χ1n) is 10.6. The van der Waals surface area contributed by atoms with Crippen molar-refractivity contribution in [3.05, 3.63) is 57.8 Å². The van der Waals surface area contributed by atoms with Gasteiger partial charge in [0.2, 0.25) is 0 Å². The molecule has 2 aromatic rings. The zero-order valence-electron chi connectivity index (χ0n) is 17.7. The van der Waals surface area contributed by atoms with Crippen LogP contribution in [-0.2, 0) is 16.0 Å². The summed E-state index contributed by atoms with van der Waals surface area (Å²) in [6.07, 6.45) is 3.81. The molecule has 0 spiro atoms.